The topological polar surface area (TPSA) is 20.2 Å². The largest absolute Gasteiger partial charge is 1.00 e. The number of benzene rings is 3. The highest BCUT2D eigenvalue weighted by molar-refractivity contribution is 5.39. The van der Waals surface area contributed by atoms with Gasteiger partial charge < -0.3 is 26.6 Å². The lowest BCUT2D eigenvalue weighted by molar-refractivity contribution is -0.958. The molecule has 0 unspecified atom stereocenters. The first-order chi connectivity index (χ1) is 14.6. The summed E-state index contributed by atoms with van der Waals surface area (Å²) in [4.78, 5) is 0. The van der Waals surface area contributed by atoms with E-state index >= 15 is 0 Å². The fraction of sp³-hybridized carbons (Fsp3) is 0.333. The number of rotatable bonds is 5. The van der Waals surface area contributed by atoms with Gasteiger partial charge in [-0.3, -0.25) is 0 Å². The van der Waals surface area contributed by atoms with E-state index < -0.39 is 5.60 Å². The molecule has 0 spiro atoms. The number of fused-ring (bicyclic) bond motifs is 3. The molecule has 31 heavy (non-hydrogen) atoms. The third-order valence-corrected chi connectivity index (χ3v) is 7.75. The van der Waals surface area contributed by atoms with E-state index in [1.165, 1.54) is 6.07 Å². The molecule has 3 fully saturated rings. The molecule has 2 bridgehead atoms. The predicted molar refractivity (Wildman–Crippen MR) is 117 cm³/mol. The molecule has 3 aromatic carbocycles. The summed E-state index contributed by atoms with van der Waals surface area (Å²) < 4.78 is 14.7. The van der Waals surface area contributed by atoms with E-state index in [-0.39, 0.29) is 28.2 Å². The lowest BCUT2D eigenvalue weighted by Gasteiger charge is -2.60. The summed E-state index contributed by atoms with van der Waals surface area (Å²) in [5.74, 6) is -0.156. The Morgan fingerprint density at radius 3 is 1.77 bits per heavy atom. The van der Waals surface area contributed by atoms with Gasteiger partial charge in [-0.05, 0) is 23.3 Å². The Balaban J connectivity index is 0.00000231. The van der Waals surface area contributed by atoms with E-state index in [0.717, 1.165) is 66.6 Å². The highest BCUT2D eigenvalue weighted by Crippen LogP contribution is 2.57. The Bertz CT molecular complexity index is 960. The summed E-state index contributed by atoms with van der Waals surface area (Å²) in [6.07, 6.45) is 2.92. The first kappa shape index (κ1) is 22.2. The number of quaternary nitrogens is 1. The van der Waals surface area contributed by atoms with Crippen LogP contribution in [0, 0.1) is 11.2 Å². The molecule has 162 valence electrons. The SMILES string of the molecule is OC(c1ccccc1)(c1ccccc1)C12CC[N+](Cc3cccc(F)c3)(CC1)CC2.[Br-]. The Morgan fingerprint density at radius 2 is 1.29 bits per heavy atom. The van der Waals surface area contributed by atoms with Crippen molar-refractivity contribution >= 4 is 0 Å². The predicted octanol–water partition coefficient (Wildman–Crippen LogP) is 2.27. The van der Waals surface area contributed by atoms with Crippen molar-refractivity contribution in [2.75, 3.05) is 19.6 Å². The maximum atomic E-state index is 13.7. The van der Waals surface area contributed by atoms with Gasteiger partial charge in [-0.25, -0.2) is 4.39 Å². The quantitative estimate of drug-likeness (QED) is 0.554. The highest BCUT2D eigenvalue weighted by atomic mass is 79.9. The van der Waals surface area contributed by atoms with Crippen molar-refractivity contribution < 1.29 is 31.0 Å². The minimum atomic E-state index is -0.995. The van der Waals surface area contributed by atoms with Crippen LogP contribution in [0.25, 0.3) is 0 Å². The number of aliphatic hydroxyl groups is 1. The second kappa shape index (κ2) is 8.50. The van der Waals surface area contributed by atoms with Crippen LogP contribution in [0.4, 0.5) is 4.39 Å². The lowest BCUT2D eigenvalue weighted by Crippen LogP contribution is -3.00. The Kier molecular flexibility index (Phi) is 6.08. The molecule has 2 nitrogen and oxygen atoms in total. The maximum absolute atomic E-state index is 13.7. The van der Waals surface area contributed by atoms with Crippen molar-refractivity contribution in [3.63, 3.8) is 0 Å². The average Bonchev–Trinajstić information content (AvgIpc) is 2.81. The van der Waals surface area contributed by atoms with Crippen molar-refractivity contribution in [2.45, 2.75) is 31.4 Å². The minimum Gasteiger partial charge on any atom is -1.00 e. The van der Waals surface area contributed by atoms with Gasteiger partial charge >= 0.3 is 0 Å². The van der Waals surface area contributed by atoms with Crippen LogP contribution in [0.1, 0.15) is 36.0 Å². The number of halogens is 2. The molecule has 3 aliphatic heterocycles. The molecular formula is C27H29BrFNO. The van der Waals surface area contributed by atoms with E-state index in [1.807, 2.05) is 48.5 Å². The molecule has 0 aliphatic carbocycles. The van der Waals surface area contributed by atoms with Crippen LogP contribution in [0.5, 0.6) is 0 Å². The van der Waals surface area contributed by atoms with Gasteiger partial charge in [0, 0.05) is 30.2 Å². The van der Waals surface area contributed by atoms with Crippen LogP contribution >= 0.6 is 0 Å². The molecule has 3 heterocycles. The number of nitrogens with zero attached hydrogens (tertiary/aromatic N) is 1. The summed E-state index contributed by atoms with van der Waals surface area (Å²) in [6, 6.07) is 27.4. The van der Waals surface area contributed by atoms with Gasteiger partial charge in [0.2, 0.25) is 0 Å². The molecule has 4 heteroatoms. The monoisotopic (exact) mass is 481 g/mol. The molecule has 1 N–H and O–H groups in total. The Morgan fingerprint density at radius 1 is 0.774 bits per heavy atom. The van der Waals surface area contributed by atoms with Crippen LogP contribution in [-0.4, -0.2) is 29.2 Å². The Hall–Kier alpha value is -2.01. The van der Waals surface area contributed by atoms with Crippen molar-refractivity contribution in [3.05, 3.63) is 107 Å². The zero-order valence-corrected chi connectivity index (χ0v) is 19.3. The number of hydrogen-bond donors (Lipinski definition) is 1. The molecule has 3 saturated heterocycles. The lowest BCUT2D eigenvalue weighted by atomic mass is 9.56. The molecule has 0 amide bonds. The first-order valence-corrected chi connectivity index (χ1v) is 11.0. The molecule has 6 rings (SSSR count). The van der Waals surface area contributed by atoms with E-state index in [9.17, 15) is 9.50 Å². The van der Waals surface area contributed by atoms with Gasteiger partial charge in [-0.15, -0.1) is 0 Å². The highest BCUT2D eigenvalue weighted by Gasteiger charge is 2.60. The van der Waals surface area contributed by atoms with E-state index in [4.69, 9.17) is 0 Å². The summed E-state index contributed by atoms with van der Waals surface area (Å²) in [6.45, 7) is 3.96. The number of piperidine rings is 3. The average molecular weight is 482 g/mol. The normalized spacial score (nSPS) is 25.1. The zero-order chi connectivity index (χ0) is 20.7. The smallest absolute Gasteiger partial charge is 0.123 e. The summed E-state index contributed by atoms with van der Waals surface area (Å²) >= 11 is 0. The zero-order valence-electron chi connectivity index (χ0n) is 17.7. The molecular weight excluding hydrogens is 453 g/mol. The molecule has 0 radical (unpaired) electrons. The third-order valence-electron chi connectivity index (χ3n) is 7.75. The number of hydrogen-bond acceptors (Lipinski definition) is 1. The minimum absolute atomic E-state index is 0. The van der Waals surface area contributed by atoms with Gasteiger partial charge in [0.1, 0.15) is 18.0 Å². The molecule has 0 atom stereocenters. The van der Waals surface area contributed by atoms with Crippen LogP contribution < -0.4 is 17.0 Å². The van der Waals surface area contributed by atoms with E-state index in [2.05, 4.69) is 24.3 Å². The van der Waals surface area contributed by atoms with Crippen LogP contribution in [-0.2, 0) is 12.1 Å². The van der Waals surface area contributed by atoms with E-state index in [0.29, 0.717) is 0 Å². The standard InChI is InChI=1S/C27H29FNO.BrH/c28-25-13-7-8-22(20-25)21-29-17-14-26(15-18-29,16-19-29)27(30,23-9-3-1-4-10-23)24-11-5-2-6-12-24;/h1-13,20,30H,14-19,21H2;1H/q+1;/p-1. The first-order valence-electron chi connectivity index (χ1n) is 11.0. The molecule has 3 aromatic rings. The van der Waals surface area contributed by atoms with Crippen molar-refractivity contribution in [1.82, 2.24) is 0 Å². The van der Waals surface area contributed by atoms with Crippen molar-refractivity contribution in [2.24, 2.45) is 5.41 Å². The van der Waals surface area contributed by atoms with Gasteiger partial charge in [0.05, 0.1) is 19.6 Å². The third kappa shape index (κ3) is 3.75. The maximum Gasteiger partial charge on any atom is 0.123 e. The van der Waals surface area contributed by atoms with Crippen LogP contribution in [0.3, 0.4) is 0 Å². The second-order valence-corrected chi connectivity index (χ2v) is 9.27. The van der Waals surface area contributed by atoms with E-state index in [1.54, 1.807) is 6.07 Å². The fourth-order valence-corrected chi connectivity index (χ4v) is 6.00. The molecule has 3 aliphatic rings. The van der Waals surface area contributed by atoms with Gasteiger partial charge in [-0.2, -0.15) is 0 Å². The Labute approximate surface area is 194 Å². The fourth-order valence-electron chi connectivity index (χ4n) is 6.00. The molecule has 0 aromatic heterocycles. The van der Waals surface area contributed by atoms with Gasteiger partial charge in [0.15, 0.2) is 0 Å². The summed E-state index contributed by atoms with van der Waals surface area (Å²) in [7, 11) is 0. The van der Waals surface area contributed by atoms with Crippen LogP contribution in [0.2, 0.25) is 0 Å². The van der Waals surface area contributed by atoms with Gasteiger partial charge in [0.25, 0.3) is 0 Å². The summed E-state index contributed by atoms with van der Waals surface area (Å²) in [5, 5.41) is 12.4. The van der Waals surface area contributed by atoms with Crippen LogP contribution in [0.15, 0.2) is 84.9 Å². The summed E-state index contributed by atoms with van der Waals surface area (Å²) in [5.41, 5.74) is 1.89. The second-order valence-electron chi connectivity index (χ2n) is 9.27. The van der Waals surface area contributed by atoms with Crippen molar-refractivity contribution in [3.8, 4) is 0 Å². The molecule has 0 saturated carbocycles. The van der Waals surface area contributed by atoms with Crippen molar-refractivity contribution in [1.29, 1.82) is 0 Å². The van der Waals surface area contributed by atoms with Gasteiger partial charge in [-0.1, -0.05) is 72.8 Å².